The molecule has 0 amide bonds. The van der Waals surface area contributed by atoms with Crippen molar-refractivity contribution in [3.05, 3.63) is 27.9 Å². The van der Waals surface area contributed by atoms with Crippen molar-refractivity contribution < 1.29 is 14.6 Å². The lowest BCUT2D eigenvalue weighted by atomic mass is 10.1. The number of nitrogens with two attached hydrogens (primary N) is 1. The molecule has 6 nitrogen and oxygen atoms in total. The van der Waals surface area contributed by atoms with Crippen molar-refractivity contribution in [2.24, 2.45) is 12.9 Å². The summed E-state index contributed by atoms with van der Waals surface area (Å²) >= 11 is 3.27. The molecule has 108 valence electrons. The minimum Gasteiger partial charge on any atom is -0.507 e. The Morgan fingerprint density at radius 3 is 2.85 bits per heavy atom. The number of nitrogens with one attached hydrogen (secondary N) is 1. The molecule has 0 spiro atoms. The summed E-state index contributed by atoms with van der Waals surface area (Å²) in [6, 6.07) is 3.30. The van der Waals surface area contributed by atoms with Crippen LogP contribution in [-0.4, -0.2) is 22.2 Å². The maximum atomic E-state index is 12.2. The van der Waals surface area contributed by atoms with Gasteiger partial charge in [-0.25, -0.2) is 4.79 Å². The van der Waals surface area contributed by atoms with Gasteiger partial charge >= 0.3 is 5.97 Å². The molecule has 2 aromatic rings. The summed E-state index contributed by atoms with van der Waals surface area (Å²) in [6.07, 6.45) is 0. The van der Waals surface area contributed by atoms with E-state index in [1.807, 2.05) is 11.6 Å². The van der Waals surface area contributed by atoms with Gasteiger partial charge in [0.25, 0.3) is 0 Å². The predicted molar refractivity (Wildman–Crippen MR) is 79.3 cm³/mol. The molecular weight excluding hydrogens is 326 g/mol. The van der Waals surface area contributed by atoms with Gasteiger partial charge in [0.05, 0.1) is 28.7 Å². The highest BCUT2D eigenvalue weighted by atomic mass is 79.9. The van der Waals surface area contributed by atoms with Crippen molar-refractivity contribution in [3.63, 3.8) is 0 Å². The Morgan fingerprint density at radius 2 is 2.25 bits per heavy atom. The molecule has 1 aromatic carbocycles. The van der Waals surface area contributed by atoms with Crippen molar-refractivity contribution in [1.29, 1.82) is 0 Å². The fraction of sp³-hybridized carbons (Fsp3) is 0.308. The first-order valence-electron chi connectivity index (χ1n) is 6.11. The number of hydrogen-bond acceptors (Lipinski definition) is 5. The summed E-state index contributed by atoms with van der Waals surface area (Å²) in [5.41, 5.74) is 4.49. The second-order valence-electron chi connectivity index (χ2n) is 4.30. The van der Waals surface area contributed by atoms with E-state index < -0.39 is 5.97 Å². The lowest BCUT2D eigenvalue weighted by Gasteiger charge is -2.06. The Hall–Kier alpha value is -1.57. The number of carbonyl (C=O) groups is 1. The van der Waals surface area contributed by atoms with E-state index in [-0.39, 0.29) is 12.4 Å². The van der Waals surface area contributed by atoms with E-state index in [1.54, 1.807) is 19.1 Å². The molecule has 0 atom stereocenters. The second-order valence-corrected chi connectivity index (χ2v) is 5.16. The summed E-state index contributed by atoms with van der Waals surface area (Å²) in [7, 11) is 1.83. The summed E-state index contributed by atoms with van der Waals surface area (Å²) in [5, 5.41) is 10.5. The topological polar surface area (TPSA) is 89.5 Å². The standard InChI is InChI=1S/C13H16BrN3O3/c1-3-20-13(19)12-7-4-11(18)8(14)5-9(7)17(2)10(12)6-16-15/h4-5,16,18H,3,6,15H2,1-2H3. The molecule has 0 aliphatic heterocycles. The van der Waals surface area contributed by atoms with Crippen LogP contribution in [0, 0.1) is 0 Å². The van der Waals surface area contributed by atoms with Gasteiger partial charge in [-0.3, -0.25) is 11.3 Å². The SMILES string of the molecule is CCOC(=O)c1c(CNN)n(C)c2cc(Br)c(O)cc12. The molecule has 2 rings (SSSR count). The molecule has 0 bridgehead atoms. The fourth-order valence-electron chi connectivity index (χ4n) is 2.23. The maximum Gasteiger partial charge on any atom is 0.340 e. The van der Waals surface area contributed by atoms with E-state index in [2.05, 4.69) is 21.4 Å². The third-order valence-corrected chi connectivity index (χ3v) is 3.77. The number of phenols is 1. The Morgan fingerprint density at radius 1 is 1.55 bits per heavy atom. The third kappa shape index (κ3) is 2.39. The second kappa shape index (κ2) is 5.82. The molecule has 1 aromatic heterocycles. The number of halogens is 1. The van der Waals surface area contributed by atoms with Crippen LogP contribution in [0.3, 0.4) is 0 Å². The lowest BCUT2D eigenvalue weighted by molar-refractivity contribution is 0.0527. The number of rotatable bonds is 4. The van der Waals surface area contributed by atoms with Crippen LogP contribution in [0.2, 0.25) is 0 Å². The first-order valence-corrected chi connectivity index (χ1v) is 6.90. The van der Waals surface area contributed by atoms with E-state index in [1.165, 1.54) is 0 Å². The van der Waals surface area contributed by atoms with Crippen LogP contribution in [0.25, 0.3) is 10.9 Å². The first kappa shape index (κ1) is 14.8. The number of aromatic hydroxyl groups is 1. The zero-order chi connectivity index (χ0) is 14.9. The molecule has 0 fully saturated rings. The largest absolute Gasteiger partial charge is 0.507 e. The summed E-state index contributed by atoms with van der Waals surface area (Å²) in [6.45, 7) is 2.35. The number of hydrazine groups is 1. The van der Waals surface area contributed by atoms with Gasteiger partial charge in [-0.05, 0) is 35.0 Å². The smallest absolute Gasteiger partial charge is 0.340 e. The van der Waals surface area contributed by atoms with E-state index in [0.29, 0.717) is 27.7 Å². The lowest BCUT2D eigenvalue weighted by Crippen LogP contribution is -2.24. The summed E-state index contributed by atoms with van der Waals surface area (Å²) < 4.78 is 7.51. The van der Waals surface area contributed by atoms with Crippen molar-refractivity contribution in [2.75, 3.05) is 6.61 Å². The molecule has 0 aliphatic carbocycles. The quantitative estimate of drug-likeness (QED) is 0.448. The van der Waals surface area contributed by atoms with Crippen LogP contribution in [0.15, 0.2) is 16.6 Å². The van der Waals surface area contributed by atoms with Gasteiger partial charge in [-0.15, -0.1) is 0 Å². The number of hydrogen-bond donors (Lipinski definition) is 3. The van der Waals surface area contributed by atoms with Crippen LogP contribution in [0.5, 0.6) is 5.75 Å². The Labute approximate surface area is 124 Å². The molecule has 7 heteroatoms. The Balaban J connectivity index is 2.76. The van der Waals surface area contributed by atoms with Gasteiger partial charge in [-0.2, -0.15) is 0 Å². The number of esters is 1. The van der Waals surface area contributed by atoms with Crippen LogP contribution in [0.4, 0.5) is 0 Å². The monoisotopic (exact) mass is 341 g/mol. The van der Waals surface area contributed by atoms with E-state index in [4.69, 9.17) is 10.6 Å². The van der Waals surface area contributed by atoms with Gasteiger partial charge in [-0.1, -0.05) is 0 Å². The number of phenolic OH excluding ortho intramolecular Hbond substituents is 1. The minimum atomic E-state index is -0.426. The number of nitrogens with zero attached hydrogens (tertiary/aromatic N) is 1. The predicted octanol–water partition coefficient (Wildman–Crippen LogP) is 1.79. The average Bonchev–Trinajstić information content (AvgIpc) is 2.65. The zero-order valence-electron chi connectivity index (χ0n) is 11.2. The molecule has 4 N–H and O–H groups in total. The number of fused-ring (bicyclic) bond motifs is 1. The number of aryl methyl sites for hydroxylation is 1. The van der Waals surface area contributed by atoms with E-state index in [0.717, 1.165) is 5.52 Å². The fourth-order valence-corrected chi connectivity index (χ4v) is 2.56. The molecular formula is C13H16BrN3O3. The Bertz CT molecular complexity index is 667. The van der Waals surface area contributed by atoms with Gasteiger partial charge in [0.15, 0.2) is 0 Å². The number of aromatic nitrogens is 1. The Kier molecular flexibility index (Phi) is 4.32. The number of carbonyl (C=O) groups excluding carboxylic acids is 1. The van der Waals surface area contributed by atoms with Gasteiger partial charge in [0.1, 0.15) is 5.75 Å². The van der Waals surface area contributed by atoms with E-state index >= 15 is 0 Å². The zero-order valence-corrected chi connectivity index (χ0v) is 12.8. The van der Waals surface area contributed by atoms with Crippen molar-refractivity contribution in [3.8, 4) is 5.75 Å². The molecule has 1 heterocycles. The van der Waals surface area contributed by atoms with Crippen molar-refractivity contribution in [1.82, 2.24) is 9.99 Å². The molecule has 0 aliphatic rings. The maximum absolute atomic E-state index is 12.2. The summed E-state index contributed by atoms with van der Waals surface area (Å²) in [4.78, 5) is 12.2. The molecule has 0 radical (unpaired) electrons. The molecule has 0 saturated heterocycles. The highest BCUT2D eigenvalue weighted by molar-refractivity contribution is 9.10. The van der Waals surface area contributed by atoms with Crippen LogP contribution < -0.4 is 11.3 Å². The minimum absolute atomic E-state index is 0.0703. The van der Waals surface area contributed by atoms with Gasteiger partial charge in [0, 0.05) is 18.1 Å². The number of ether oxygens (including phenoxy) is 1. The van der Waals surface area contributed by atoms with Crippen LogP contribution in [0.1, 0.15) is 23.0 Å². The van der Waals surface area contributed by atoms with Crippen LogP contribution in [-0.2, 0) is 18.3 Å². The highest BCUT2D eigenvalue weighted by Gasteiger charge is 2.22. The molecule has 20 heavy (non-hydrogen) atoms. The normalized spacial score (nSPS) is 11.0. The number of benzene rings is 1. The third-order valence-electron chi connectivity index (χ3n) is 3.14. The average molecular weight is 342 g/mol. The first-order chi connectivity index (χ1) is 9.51. The highest BCUT2D eigenvalue weighted by Crippen LogP contribution is 2.34. The van der Waals surface area contributed by atoms with Gasteiger partial charge < -0.3 is 14.4 Å². The van der Waals surface area contributed by atoms with Crippen molar-refractivity contribution in [2.45, 2.75) is 13.5 Å². The van der Waals surface area contributed by atoms with Crippen LogP contribution >= 0.6 is 15.9 Å². The molecule has 0 unspecified atom stereocenters. The molecule has 0 saturated carbocycles. The van der Waals surface area contributed by atoms with Crippen molar-refractivity contribution >= 4 is 32.8 Å². The van der Waals surface area contributed by atoms with Gasteiger partial charge in [0.2, 0.25) is 0 Å². The van der Waals surface area contributed by atoms with E-state index in [9.17, 15) is 9.90 Å². The summed E-state index contributed by atoms with van der Waals surface area (Å²) in [5.74, 6) is 5.02.